The van der Waals surface area contributed by atoms with Gasteiger partial charge >= 0.3 is 0 Å². The number of thiophene rings is 1. The fourth-order valence-electron chi connectivity index (χ4n) is 2.98. The lowest BCUT2D eigenvalue weighted by Gasteiger charge is -2.10. The molecular formula is C17H22N4O3S. The smallest absolute Gasteiger partial charge is 0.259 e. The summed E-state index contributed by atoms with van der Waals surface area (Å²) >= 11 is 1.60. The Labute approximate surface area is 149 Å². The molecule has 0 bridgehead atoms. The van der Waals surface area contributed by atoms with Gasteiger partial charge in [0.15, 0.2) is 0 Å². The van der Waals surface area contributed by atoms with Crippen LogP contribution in [0.3, 0.4) is 0 Å². The second-order valence-corrected chi connectivity index (χ2v) is 7.55. The van der Waals surface area contributed by atoms with Crippen LogP contribution >= 0.6 is 11.3 Å². The van der Waals surface area contributed by atoms with E-state index < -0.39 is 0 Å². The Kier molecular flexibility index (Phi) is 5.17. The van der Waals surface area contributed by atoms with Crippen LogP contribution in [0.25, 0.3) is 10.2 Å². The van der Waals surface area contributed by atoms with Gasteiger partial charge in [0, 0.05) is 31.8 Å². The highest BCUT2D eigenvalue weighted by Crippen LogP contribution is 2.33. The molecule has 1 aliphatic rings. The van der Waals surface area contributed by atoms with Crippen molar-refractivity contribution in [2.24, 2.45) is 0 Å². The largest absolute Gasteiger partial charge is 0.347 e. The fourth-order valence-corrected chi connectivity index (χ4v) is 4.26. The molecule has 2 heterocycles. The Balaban J connectivity index is 1.67. The molecule has 1 aliphatic carbocycles. The first-order valence-corrected chi connectivity index (χ1v) is 9.27. The molecule has 3 rings (SSSR count). The normalized spacial score (nSPS) is 13.5. The predicted octanol–water partition coefficient (Wildman–Crippen LogP) is 1.00. The Hall–Kier alpha value is -2.22. The number of fused-ring (bicyclic) bond motifs is 3. The van der Waals surface area contributed by atoms with Gasteiger partial charge in [0.2, 0.25) is 11.8 Å². The second-order valence-electron chi connectivity index (χ2n) is 6.47. The van der Waals surface area contributed by atoms with E-state index in [-0.39, 0.29) is 30.3 Å². The summed E-state index contributed by atoms with van der Waals surface area (Å²) in [5, 5.41) is 3.30. The van der Waals surface area contributed by atoms with Gasteiger partial charge in [-0.05, 0) is 31.2 Å². The molecule has 0 spiro atoms. The molecule has 0 fully saturated rings. The third-order valence-electron chi connectivity index (χ3n) is 4.40. The summed E-state index contributed by atoms with van der Waals surface area (Å²) in [6.45, 7) is -0.0214. The number of carbonyl (C=O) groups excluding carboxylic acids is 2. The fraction of sp³-hybridized carbons (Fsp3) is 0.529. The van der Waals surface area contributed by atoms with Crippen molar-refractivity contribution in [3.63, 3.8) is 0 Å². The number of carbonyl (C=O) groups is 2. The van der Waals surface area contributed by atoms with Crippen molar-refractivity contribution in [1.82, 2.24) is 20.2 Å². The zero-order valence-corrected chi connectivity index (χ0v) is 15.3. The zero-order chi connectivity index (χ0) is 18.0. The van der Waals surface area contributed by atoms with Crippen LogP contribution in [0.1, 0.15) is 35.5 Å². The molecule has 134 valence electrons. The van der Waals surface area contributed by atoms with Gasteiger partial charge in [-0.15, -0.1) is 11.3 Å². The molecule has 0 unspecified atom stereocenters. The number of H-pyrrole nitrogens is 1. The number of likely N-dealkylation sites (N-methyl/N-ethyl adjacent to an activating group) is 1. The molecule has 7 nitrogen and oxygen atoms in total. The molecule has 25 heavy (non-hydrogen) atoms. The quantitative estimate of drug-likeness (QED) is 0.829. The molecular weight excluding hydrogens is 340 g/mol. The molecule has 8 heteroatoms. The van der Waals surface area contributed by atoms with Crippen LogP contribution < -0.4 is 10.9 Å². The first kappa shape index (κ1) is 17.6. The Morgan fingerprint density at radius 1 is 1.28 bits per heavy atom. The van der Waals surface area contributed by atoms with Crippen LogP contribution in [-0.2, 0) is 28.9 Å². The van der Waals surface area contributed by atoms with Gasteiger partial charge in [-0.2, -0.15) is 0 Å². The first-order valence-electron chi connectivity index (χ1n) is 8.46. The predicted molar refractivity (Wildman–Crippen MR) is 96.9 cm³/mol. The van der Waals surface area contributed by atoms with Gasteiger partial charge in [0.1, 0.15) is 10.7 Å². The van der Waals surface area contributed by atoms with Crippen LogP contribution in [0.15, 0.2) is 4.79 Å². The highest BCUT2D eigenvalue weighted by Gasteiger charge is 2.19. The maximum Gasteiger partial charge on any atom is 0.259 e. The SMILES string of the molecule is CN(C)C(=O)CNC(=O)CCc1nc2sc3c(c2c(=O)[nH]1)CCCC3. The lowest BCUT2D eigenvalue weighted by molar-refractivity contribution is -0.130. The summed E-state index contributed by atoms with van der Waals surface area (Å²) in [7, 11) is 3.28. The highest BCUT2D eigenvalue weighted by atomic mass is 32.1. The van der Waals surface area contributed by atoms with Crippen molar-refractivity contribution < 1.29 is 9.59 Å². The summed E-state index contributed by atoms with van der Waals surface area (Å²) in [6.07, 6.45) is 4.77. The molecule has 0 radical (unpaired) electrons. The molecule has 0 atom stereocenters. The van der Waals surface area contributed by atoms with Gasteiger partial charge in [-0.3, -0.25) is 14.4 Å². The van der Waals surface area contributed by atoms with Crippen molar-refractivity contribution in [2.45, 2.75) is 38.5 Å². The maximum absolute atomic E-state index is 12.4. The number of aryl methyl sites for hydroxylation is 3. The number of rotatable bonds is 5. The van der Waals surface area contributed by atoms with Crippen LogP contribution in [0, 0.1) is 0 Å². The number of nitrogens with one attached hydrogen (secondary N) is 2. The number of nitrogens with zero attached hydrogens (tertiary/aromatic N) is 2. The summed E-state index contributed by atoms with van der Waals surface area (Å²) in [4.78, 5) is 46.6. The van der Waals surface area contributed by atoms with E-state index in [0.717, 1.165) is 41.5 Å². The molecule has 2 aromatic heterocycles. The molecule has 2 aromatic rings. The van der Waals surface area contributed by atoms with Gasteiger partial charge in [0.05, 0.1) is 11.9 Å². The number of hydrogen-bond donors (Lipinski definition) is 2. The zero-order valence-electron chi connectivity index (χ0n) is 14.5. The Morgan fingerprint density at radius 2 is 2.04 bits per heavy atom. The van der Waals surface area contributed by atoms with Gasteiger partial charge < -0.3 is 15.2 Å². The lowest BCUT2D eigenvalue weighted by atomic mass is 9.97. The third kappa shape index (κ3) is 3.89. The first-order chi connectivity index (χ1) is 12.0. The summed E-state index contributed by atoms with van der Waals surface area (Å²) < 4.78 is 0. The van der Waals surface area contributed by atoms with Crippen molar-refractivity contribution in [1.29, 1.82) is 0 Å². The van der Waals surface area contributed by atoms with Crippen molar-refractivity contribution >= 4 is 33.4 Å². The van der Waals surface area contributed by atoms with Gasteiger partial charge in [-0.1, -0.05) is 0 Å². The Morgan fingerprint density at radius 3 is 2.80 bits per heavy atom. The van der Waals surface area contributed by atoms with Crippen molar-refractivity contribution in [3.05, 3.63) is 26.6 Å². The standard InChI is InChI=1S/C17H22N4O3S/c1-21(2)14(23)9-18-13(22)8-7-12-19-16(24)15-10-5-3-4-6-11(10)25-17(15)20-12/h3-9H2,1-2H3,(H,18,22)(H,19,20,24). The molecule has 2 N–H and O–H groups in total. The van der Waals surface area contributed by atoms with E-state index in [1.54, 1.807) is 25.4 Å². The van der Waals surface area contributed by atoms with Crippen LogP contribution in [0.4, 0.5) is 0 Å². The molecule has 0 aromatic carbocycles. The number of amides is 2. The Bertz CT molecular complexity index is 869. The molecule has 0 saturated heterocycles. The van der Waals surface area contributed by atoms with Gasteiger partial charge in [0.25, 0.3) is 5.56 Å². The minimum Gasteiger partial charge on any atom is -0.347 e. The van der Waals surface area contributed by atoms with Gasteiger partial charge in [-0.25, -0.2) is 4.98 Å². The second kappa shape index (κ2) is 7.35. The van der Waals surface area contributed by atoms with E-state index in [1.165, 1.54) is 9.78 Å². The average molecular weight is 362 g/mol. The van der Waals surface area contributed by atoms with E-state index in [4.69, 9.17) is 0 Å². The monoisotopic (exact) mass is 362 g/mol. The van der Waals surface area contributed by atoms with E-state index in [9.17, 15) is 14.4 Å². The highest BCUT2D eigenvalue weighted by molar-refractivity contribution is 7.18. The minimum atomic E-state index is -0.233. The van der Waals surface area contributed by atoms with Crippen molar-refractivity contribution in [3.8, 4) is 0 Å². The van der Waals surface area contributed by atoms with Crippen LogP contribution in [0.2, 0.25) is 0 Å². The van der Waals surface area contributed by atoms with E-state index in [1.807, 2.05) is 0 Å². The third-order valence-corrected chi connectivity index (χ3v) is 5.58. The summed E-state index contributed by atoms with van der Waals surface area (Å²) in [5.74, 6) is 0.124. The minimum absolute atomic E-state index is 0.0214. The average Bonchev–Trinajstić information content (AvgIpc) is 2.96. The number of aromatic nitrogens is 2. The topological polar surface area (TPSA) is 95.2 Å². The van der Waals surface area contributed by atoms with E-state index in [2.05, 4.69) is 15.3 Å². The summed E-state index contributed by atoms with van der Waals surface area (Å²) in [5.41, 5.74) is 1.05. The number of aromatic amines is 1. The maximum atomic E-state index is 12.4. The van der Waals surface area contributed by atoms with E-state index in [0.29, 0.717) is 12.2 Å². The van der Waals surface area contributed by atoms with Crippen LogP contribution in [-0.4, -0.2) is 47.3 Å². The lowest BCUT2D eigenvalue weighted by Crippen LogP contribution is -2.36. The van der Waals surface area contributed by atoms with Crippen molar-refractivity contribution in [2.75, 3.05) is 20.6 Å². The molecule has 2 amide bonds. The summed E-state index contributed by atoms with van der Waals surface area (Å²) in [6, 6.07) is 0. The van der Waals surface area contributed by atoms with Crippen LogP contribution in [0.5, 0.6) is 0 Å². The molecule has 0 saturated carbocycles. The number of hydrogen-bond acceptors (Lipinski definition) is 5. The van der Waals surface area contributed by atoms with E-state index >= 15 is 0 Å². The molecule has 0 aliphatic heterocycles.